The molecular weight excluding hydrogens is 382 g/mol. The van der Waals surface area contributed by atoms with Crippen LogP contribution >= 0.6 is 0 Å². The lowest BCUT2D eigenvalue weighted by molar-refractivity contribution is -0.151. The van der Waals surface area contributed by atoms with E-state index < -0.39 is 17.8 Å². The second-order valence-electron chi connectivity index (χ2n) is 8.47. The van der Waals surface area contributed by atoms with Gasteiger partial charge in [0.1, 0.15) is 0 Å². The summed E-state index contributed by atoms with van der Waals surface area (Å²) >= 11 is 0. The van der Waals surface area contributed by atoms with Crippen LogP contribution in [0.2, 0.25) is 0 Å². The van der Waals surface area contributed by atoms with E-state index in [9.17, 15) is 14.4 Å². The van der Waals surface area contributed by atoms with Gasteiger partial charge in [-0.25, -0.2) is 0 Å². The molecule has 160 valence electrons. The van der Waals surface area contributed by atoms with E-state index in [0.717, 1.165) is 18.4 Å². The van der Waals surface area contributed by atoms with Crippen LogP contribution in [0.3, 0.4) is 0 Å². The maximum Gasteiger partial charge on any atom is 0.311 e. The molecule has 2 amide bonds. The fourth-order valence-electron chi connectivity index (χ4n) is 4.45. The molecule has 1 saturated heterocycles. The lowest BCUT2D eigenvalue weighted by Crippen LogP contribution is -2.45. The zero-order chi connectivity index (χ0) is 21.7. The number of amides is 2. The molecule has 7 heteroatoms. The first kappa shape index (κ1) is 21.8. The summed E-state index contributed by atoms with van der Waals surface area (Å²) in [6.45, 7) is 4.39. The Labute approximate surface area is 177 Å². The van der Waals surface area contributed by atoms with Crippen LogP contribution in [-0.4, -0.2) is 41.9 Å². The minimum absolute atomic E-state index is 0.00445. The summed E-state index contributed by atoms with van der Waals surface area (Å²) in [7, 11) is 0. The van der Waals surface area contributed by atoms with Crippen molar-refractivity contribution < 1.29 is 19.1 Å². The Morgan fingerprint density at radius 3 is 2.67 bits per heavy atom. The summed E-state index contributed by atoms with van der Waals surface area (Å²) < 4.78 is 5.18. The summed E-state index contributed by atoms with van der Waals surface area (Å²) in [5.41, 5.74) is 1.43. The number of carbonyl (C=O) groups excluding carboxylic acids is 3. The fourth-order valence-corrected chi connectivity index (χ4v) is 4.45. The number of anilines is 1. The highest BCUT2D eigenvalue weighted by Crippen LogP contribution is 2.35. The average Bonchev–Trinajstić information content (AvgIpc) is 3.11. The Morgan fingerprint density at radius 1 is 1.23 bits per heavy atom. The summed E-state index contributed by atoms with van der Waals surface area (Å²) in [5, 5.41) is 11.3. The molecule has 3 rings (SSSR count). The number of carbonyl (C=O) groups is 3. The number of likely N-dealkylation sites (tertiary alicyclic amines) is 1. The van der Waals surface area contributed by atoms with Gasteiger partial charge in [-0.2, -0.15) is 5.26 Å². The van der Waals surface area contributed by atoms with E-state index in [1.807, 2.05) is 4.90 Å². The second-order valence-corrected chi connectivity index (χ2v) is 8.47. The summed E-state index contributed by atoms with van der Waals surface area (Å²) in [4.78, 5) is 38.9. The molecule has 0 aromatic heterocycles. The number of rotatable bonds is 6. The molecule has 2 fully saturated rings. The monoisotopic (exact) mass is 411 g/mol. The quantitative estimate of drug-likeness (QED) is 0.726. The van der Waals surface area contributed by atoms with Crippen molar-refractivity contribution in [2.75, 3.05) is 18.5 Å². The smallest absolute Gasteiger partial charge is 0.311 e. The summed E-state index contributed by atoms with van der Waals surface area (Å²) in [6.07, 6.45) is 3.72. The largest absolute Gasteiger partial charge is 0.455 e. The van der Waals surface area contributed by atoms with Crippen molar-refractivity contribution >= 4 is 23.5 Å². The maximum atomic E-state index is 12.5. The Kier molecular flexibility index (Phi) is 7.09. The van der Waals surface area contributed by atoms with Crippen molar-refractivity contribution in [2.45, 2.75) is 52.0 Å². The number of hydrogen-bond acceptors (Lipinski definition) is 5. The first-order valence-electron chi connectivity index (χ1n) is 10.6. The topological polar surface area (TPSA) is 99.5 Å². The molecule has 0 unspecified atom stereocenters. The summed E-state index contributed by atoms with van der Waals surface area (Å²) in [5.74, 6) is -0.456. The van der Waals surface area contributed by atoms with Crippen molar-refractivity contribution in [3.8, 4) is 6.07 Å². The van der Waals surface area contributed by atoms with Crippen molar-refractivity contribution in [3.63, 3.8) is 0 Å². The van der Waals surface area contributed by atoms with Gasteiger partial charge < -0.3 is 15.0 Å². The Morgan fingerprint density at radius 2 is 1.97 bits per heavy atom. The highest BCUT2D eigenvalue weighted by Gasteiger charge is 2.42. The predicted molar refractivity (Wildman–Crippen MR) is 111 cm³/mol. The molecule has 4 atom stereocenters. The predicted octanol–water partition coefficient (Wildman–Crippen LogP) is 2.91. The van der Waals surface area contributed by atoms with E-state index >= 15 is 0 Å². The number of nitriles is 1. The lowest BCUT2D eigenvalue weighted by atomic mass is 9.77. The molecular formula is C23H29N3O4. The van der Waals surface area contributed by atoms with Gasteiger partial charge in [0.05, 0.1) is 18.4 Å². The minimum Gasteiger partial charge on any atom is -0.455 e. The van der Waals surface area contributed by atoms with E-state index in [-0.39, 0.29) is 25.0 Å². The van der Waals surface area contributed by atoms with Crippen LogP contribution in [-0.2, 0) is 25.5 Å². The molecule has 1 saturated carbocycles. The number of nitrogens with zero attached hydrogens (tertiary/aromatic N) is 2. The molecule has 1 heterocycles. The van der Waals surface area contributed by atoms with Gasteiger partial charge in [-0.05, 0) is 36.0 Å². The number of nitrogens with one attached hydrogen (secondary N) is 1. The van der Waals surface area contributed by atoms with Crippen LogP contribution in [0.5, 0.6) is 0 Å². The fraction of sp³-hybridized carbons (Fsp3) is 0.565. The summed E-state index contributed by atoms with van der Waals surface area (Å²) in [6, 6.07) is 9.17. The number of esters is 1. The molecule has 0 radical (unpaired) electrons. The van der Waals surface area contributed by atoms with Crippen LogP contribution in [0.4, 0.5) is 5.69 Å². The molecule has 1 N–H and O–H groups in total. The van der Waals surface area contributed by atoms with E-state index in [4.69, 9.17) is 10.00 Å². The van der Waals surface area contributed by atoms with Gasteiger partial charge in [0, 0.05) is 24.7 Å². The van der Waals surface area contributed by atoms with Crippen LogP contribution in [0, 0.1) is 29.1 Å². The maximum absolute atomic E-state index is 12.5. The first-order valence-corrected chi connectivity index (χ1v) is 10.6. The van der Waals surface area contributed by atoms with Crippen LogP contribution < -0.4 is 5.32 Å². The number of hydrogen-bond donors (Lipinski definition) is 1. The second kappa shape index (κ2) is 9.75. The highest BCUT2D eigenvalue weighted by molar-refractivity contribution is 5.93. The molecule has 0 spiro atoms. The standard InChI is InChI=1S/C23H29N3O4/c1-15-4-3-5-20(16(15)2)26-13-18(12-22(26)28)23(29)30-14-21(27)25-19-8-6-17(7-9-19)10-11-24/h6-9,15-16,18,20H,3-5,10,12-14H2,1-2H3,(H,25,27)/t15-,16+,18+,20-/m0/s1. The minimum atomic E-state index is -0.514. The third kappa shape index (κ3) is 5.18. The van der Waals surface area contributed by atoms with E-state index in [1.165, 1.54) is 6.42 Å². The first-order chi connectivity index (χ1) is 14.4. The van der Waals surface area contributed by atoms with E-state index in [0.29, 0.717) is 30.5 Å². The zero-order valence-electron chi connectivity index (χ0n) is 17.6. The molecule has 1 aromatic rings. The third-order valence-corrected chi connectivity index (χ3v) is 6.42. The zero-order valence-corrected chi connectivity index (χ0v) is 17.6. The Bertz CT molecular complexity index is 830. The van der Waals surface area contributed by atoms with E-state index in [1.54, 1.807) is 24.3 Å². The van der Waals surface area contributed by atoms with Gasteiger partial charge in [0.2, 0.25) is 5.91 Å². The van der Waals surface area contributed by atoms with Gasteiger partial charge in [0.15, 0.2) is 6.61 Å². The average molecular weight is 412 g/mol. The normalized spacial score (nSPS) is 26.2. The van der Waals surface area contributed by atoms with Crippen molar-refractivity contribution in [2.24, 2.45) is 17.8 Å². The molecule has 1 aliphatic heterocycles. The van der Waals surface area contributed by atoms with Crippen molar-refractivity contribution in [1.82, 2.24) is 4.90 Å². The van der Waals surface area contributed by atoms with Gasteiger partial charge in [-0.15, -0.1) is 0 Å². The molecule has 0 bridgehead atoms. The Balaban J connectivity index is 1.47. The number of ether oxygens (including phenoxy) is 1. The lowest BCUT2D eigenvalue weighted by Gasteiger charge is -2.39. The van der Waals surface area contributed by atoms with E-state index in [2.05, 4.69) is 25.2 Å². The molecule has 1 aromatic carbocycles. The Hall–Kier alpha value is -2.88. The molecule has 30 heavy (non-hydrogen) atoms. The number of benzene rings is 1. The molecule has 7 nitrogen and oxygen atoms in total. The third-order valence-electron chi connectivity index (χ3n) is 6.42. The van der Waals surface area contributed by atoms with Gasteiger partial charge in [-0.3, -0.25) is 14.4 Å². The molecule has 1 aliphatic carbocycles. The van der Waals surface area contributed by atoms with Gasteiger partial charge in [-0.1, -0.05) is 38.8 Å². The van der Waals surface area contributed by atoms with Crippen LogP contribution in [0.1, 0.15) is 45.1 Å². The van der Waals surface area contributed by atoms with Crippen molar-refractivity contribution in [1.29, 1.82) is 5.26 Å². The van der Waals surface area contributed by atoms with Crippen LogP contribution in [0.15, 0.2) is 24.3 Å². The van der Waals surface area contributed by atoms with Crippen LogP contribution in [0.25, 0.3) is 0 Å². The van der Waals surface area contributed by atoms with Gasteiger partial charge in [0.25, 0.3) is 5.91 Å². The molecule has 2 aliphatic rings. The van der Waals surface area contributed by atoms with Crippen molar-refractivity contribution in [3.05, 3.63) is 29.8 Å². The van der Waals surface area contributed by atoms with Gasteiger partial charge >= 0.3 is 5.97 Å². The highest BCUT2D eigenvalue weighted by atomic mass is 16.5. The SMILES string of the molecule is C[C@@H]1[C@@H](C)CCC[C@@H]1N1C[C@H](C(=O)OCC(=O)Nc2ccc(CC#N)cc2)CC1=O.